The maximum atomic E-state index is 13.8. The average molecular weight is 742 g/mol. The summed E-state index contributed by atoms with van der Waals surface area (Å²) in [5.41, 5.74) is 0.536. The second-order valence-corrected chi connectivity index (χ2v) is 12.3. The first kappa shape index (κ1) is 36.4. The van der Waals surface area contributed by atoms with E-state index < -0.39 is 73.0 Å². The first-order valence-electron chi connectivity index (χ1n) is 17.1. The predicted octanol–water partition coefficient (Wildman–Crippen LogP) is 5.47. The van der Waals surface area contributed by atoms with Crippen LogP contribution in [0.15, 0.2) is 146 Å². The molecule has 1 saturated heterocycles. The van der Waals surface area contributed by atoms with Crippen molar-refractivity contribution in [2.45, 2.75) is 30.7 Å². The Morgan fingerprint density at radius 2 is 0.836 bits per heavy atom. The number of fused-ring (bicyclic) bond motifs is 1. The van der Waals surface area contributed by atoms with Crippen molar-refractivity contribution in [2.75, 3.05) is 6.61 Å². The van der Waals surface area contributed by atoms with Crippen molar-refractivity contribution < 1.29 is 57.3 Å². The molecule has 13 heteroatoms. The second-order valence-electron chi connectivity index (χ2n) is 12.3. The minimum absolute atomic E-state index is 0.0382. The van der Waals surface area contributed by atoms with E-state index in [1.807, 2.05) is 0 Å². The highest BCUT2D eigenvalue weighted by Gasteiger charge is 2.55. The maximum absolute atomic E-state index is 13.8. The molecule has 5 aromatic carbocycles. The molecule has 0 unspecified atom stereocenters. The summed E-state index contributed by atoms with van der Waals surface area (Å²) in [7, 11) is 0. The van der Waals surface area contributed by atoms with Gasteiger partial charge in [0.2, 0.25) is 6.29 Å². The van der Waals surface area contributed by atoms with Gasteiger partial charge in [0.1, 0.15) is 12.7 Å². The number of benzene rings is 5. The van der Waals surface area contributed by atoms with Crippen LogP contribution in [-0.2, 0) is 28.5 Å². The number of carbonyl (C=O) groups excluding carboxylic acids is 6. The zero-order valence-electron chi connectivity index (χ0n) is 28.8. The number of ether oxygens (including phenoxy) is 5. The third kappa shape index (κ3) is 8.03. The predicted molar refractivity (Wildman–Crippen MR) is 190 cm³/mol. The first-order valence-corrected chi connectivity index (χ1v) is 17.1. The highest BCUT2D eigenvalue weighted by molar-refractivity contribution is 6.20. The van der Waals surface area contributed by atoms with Crippen molar-refractivity contribution in [3.8, 4) is 0 Å². The lowest BCUT2D eigenvalue weighted by Crippen LogP contribution is -2.64. The molecule has 1 fully saturated rings. The molecule has 0 N–H and O–H groups in total. The van der Waals surface area contributed by atoms with E-state index in [0.29, 0.717) is 5.06 Å². The summed E-state index contributed by atoms with van der Waals surface area (Å²) in [6.45, 7) is -0.624. The molecule has 2 amide bonds. The Bertz CT molecular complexity index is 2160. The monoisotopic (exact) mass is 741 g/mol. The SMILES string of the molecule is O=C(OC[C@H]1O[C@@H](ON2C(=O)c3ccccc3C2=O)[C@H](OC(=O)c2ccccc2)[C@@H](OC(=O)c2ccccc2)[C@H]1OC(=O)c1ccccc1)c1ccccc1. The fraction of sp³-hybridized carbons (Fsp3) is 0.143. The molecule has 0 saturated carbocycles. The summed E-state index contributed by atoms with van der Waals surface area (Å²) < 4.78 is 29.8. The number of nitrogens with zero attached hydrogens (tertiary/aromatic N) is 1. The molecule has 5 atom stereocenters. The van der Waals surface area contributed by atoms with Crippen LogP contribution in [0, 0.1) is 0 Å². The van der Waals surface area contributed by atoms with Crippen LogP contribution in [0.1, 0.15) is 62.1 Å². The van der Waals surface area contributed by atoms with E-state index in [1.165, 1.54) is 60.7 Å². The maximum Gasteiger partial charge on any atom is 0.338 e. The van der Waals surface area contributed by atoms with Gasteiger partial charge in [0, 0.05) is 0 Å². The van der Waals surface area contributed by atoms with Crippen LogP contribution < -0.4 is 0 Å². The summed E-state index contributed by atoms with van der Waals surface area (Å²) in [4.78, 5) is 87.3. The molecule has 0 bridgehead atoms. The molecule has 2 aliphatic heterocycles. The van der Waals surface area contributed by atoms with Crippen molar-refractivity contribution in [1.29, 1.82) is 0 Å². The minimum Gasteiger partial charge on any atom is -0.459 e. The topological polar surface area (TPSA) is 161 Å². The van der Waals surface area contributed by atoms with Gasteiger partial charge in [-0.1, -0.05) is 84.9 Å². The van der Waals surface area contributed by atoms with Gasteiger partial charge in [-0.05, 0) is 60.7 Å². The van der Waals surface area contributed by atoms with E-state index in [4.69, 9.17) is 28.5 Å². The Morgan fingerprint density at radius 1 is 0.473 bits per heavy atom. The molecule has 7 rings (SSSR count). The second kappa shape index (κ2) is 16.4. The van der Waals surface area contributed by atoms with Gasteiger partial charge in [-0.15, -0.1) is 5.06 Å². The standard InChI is InChI=1S/C42H31NO12/c44-36-30-23-13-14-24-31(30)37(45)43(36)55-42-35(54-41(49)29-21-11-4-12-22-29)34(53-40(48)28-19-9-3-10-20-28)33(52-39(47)27-17-7-2-8-18-27)32(51-42)25-50-38(46)26-15-5-1-6-16-26/h1-24,32-35,42H,25H2/t32-,33+,34+,35-,42+/m1/s1. The zero-order chi connectivity index (χ0) is 38.3. The molecular weight excluding hydrogens is 710 g/mol. The lowest BCUT2D eigenvalue weighted by molar-refractivity contribution is -0.335. The number of esters is 4. The fourth-order valence-electron chi connectivity index (χ4n) is 5.98. The van der Waals surface area contributed by atoms with Gasteiger partial charge in [0.05, 0.1) is 33.4 Å². The Hall–Kier alpha value is -6.96. The van der Waals surface area contributed by atoms with Crippen LogP contribution in [0.2, 0.25) is 0 Å². The molecule has 13 nitrogen and oxygen atoms in total. The molecule has 2 aliphatic rings. The van der Waals surface area contributed by atoms with Crippen molar-refractivity contribution in [1.82, 2.24) is 5.06 Å². The number of rotatable bonds is 11. The normalized spacial score (nSPS) is 20.2. The molecule has 0 spiro atoms. The largest absolute Gasteiger partial charge is 0.459 e. The van der Waals surface area contributed by atoms with E-state index in [0.717, 1.165) is 0 Å². The average Bonchev–Trinajstić information content (AvgIpc) is 3.47. The van der Waals surface area contributed by atoms with Crippen LogP contribution in [-0.4, -0.2) is 78.1 Å². The molecule has 2 heterocycles. The highest BCUT2D eigenvalue weighted by Crippen LogP contribution is 2.34. The van der Waals surface area contributed by atoms with Crippen LogP contribution in [0.4, 0.5) is 0 Å². The van der Waals surface area contributed by atoms with E-state index in [2.05, 4.69) is 0 Å². The van der Waals surface area contributed by atoms with E-state index in [-0.39, 0.29) is 33.4 Å². The lowest BCUT2D eigenvalue weighted by atomic mass is 9.97. The molecule has 0 radical (unpaired) electrons. The van der Waals surface area contributed by atoms with Gasteiger partial charge in [-0.2, -0.15) is 0 Å². The van der Waals surface area contributed by atoms with E-state index in [1.54, 1.807) is 84.9 Å². The number of hydrogen-bond donors (Lipinski definition) is 0. The van der Waals surface area contributed by atoms with Gasteiger partial charge >= 0.3 is 23.9 Å². The Kier molecular flexibility index (Phi) is 10.8. The summed E-state index contributed by atoms with van der Waals surface area (Å²) in [5, 5.41) is 0.443. The number of hydroxylamine groups is 2. The van der Waals surface area contributed by atoms with Crippen molar-refractivity contribution in [2.24, 2.45) is 0 Å². The first-order chi connectivity index (χ1) is 26.8. The lowest BCUT2D eigenvalue weighted by Gasteiger charge is -2.44. The summed E-state index contributed by atoms with van der Waals surface area (Å²) in [6, 6.07) is 37.5. The fourth-order valence-corrected chi connectivity index (χ4v) is 5.98. The van der Waals surface area contributed by atoms with Crippen LogP contribution in [0.5, 0.6) is 0 Å². The van der Waals surface area contributed by atoms with Gasteiger partial charge in [-0.3, -0.25) is 9.59 Å². The van der Waals surface area contributed by atoms with E-state index in [9.17, 15) is 28.8 Å². The van der Waals surface area contributed by atoms with Crippen molar-refractivity contribution in [3.63, 3.8) is 0 Å². The number of amides is 2. The molecule has 276 valence electrons. The third-order valence-electron chi connectivity index (χ3n) is 8.70. The summed E-state index contributed by atoms with van der Waals surface area (Å²) >= 11 is 0. The van der Waals surface area contributed by atoms with Gasteiger partial charge in [0.25, 0.3) is 11.8 Å². The minimum atomic E-state index is -1.89. The van der Waals surface area contributed by atoms with Crippen LogP contribution in [0.25, 0.3) is 0 Å². The number of hydrogen-bond acceptors (Lipinski definition) is 12. The Labute approximate surface area is 313 Å². The zero-order valence-corrected chi connectivity index (χ0v) is 28.8. The number of imide groups is 1. The summed E-state index contributed by atoms with van der Waals surface area (Å²) in [5.74, 6) is -5.21. The Balaban J connectivity index is 1.30. The Morgan fingerprint density at radius 3 is 1.27 bits per heavy atom. The molecular formula is C42H31NO12. The van der Waals surface area contributed by atoms with Crippen molar-refractivity contribution >= 4 is 35.7 Å². The van der Waals surface area contributed by atoms with Gasteiger partial charge < -0.3 is 23.7 Å². The van der Waals surface area contributed by atoms with Crippen LogP contribution in [0.3, 0.4) is 0 Å². The molecule has 0 aromatic heterocycles. The van der Waals surface area contributed by atoms with Crippen molar-refractivity contribution in [3.05, 3.63) is 179 Å². The smallest absolute Gasteiger partial charge is 0.338 e. The third-order valence-corrected chi connectivity index (χ3v) is 8.70. The number of carbonyl (C=O) groups is 6. The highest BCUT2D eigenvalue weighted by atomic mass is 16.8. The summed E-state index contributed by atoms with van der Waals surface area (Å²) in [6.07, 6.45) is -8.59. The molecule has 55 heavy (non-hydrogen) atoms. The van der Waals surface area contributed by atoms with Crippen LogP contribution >= 0.6 is 0 Å². The molecule has 5 aromatic rings. The van der Waals surface area contributed by atoms with E-state index >= 15 is 0 Å². The van der Waals surface area contributed by atoms with Gasteiger partial charge in [-0.25, -0.2) is 24.0 Å². The molecule has 0 aliphatic carbocycles. The van der Waals surface area contributed by atoms with Gasteiger partial charge in [0.15, 0.2) is 18.3 Å². The quantitative estimate of drug-likeness (QED) is 0.0955.